The first-order valence-electron chi connectivity index (χ1n) is 5.13. The van der Waals surface area contributed by atoms with E-state index in [1.807, 2.05) is 0 Å². The number of aryl methyl sites for hydroxylation is 1. The smallest absolute Gasteiger partial charge is 0.0645 e. The van der Waals surface area contributed by atoms with Gasteiger partial charge in [-0.2, -0.15) is 0 Å². The number of hydrogen-bond donors (Lipinski definition) is 0. The number of benzene rings is 2. The summed E-state index contributed by atoms with van der Waals surface area (Å²) in [6.45, 7) is 2.11. The molecule has 0 fully saturated rings. The monoisotopic (exact) mass is 386 g/mol. The molecule has 0 N–H and O–H groups in total. The SMILES string of the molecule is Cc1ccc(C(Br)c2cccc(I)c2)cc1. The van der Waals surface area contributed by atoms with E-state index in [9.17, 15) is 0 Å². The zero-order valence-electron chi connectivity index (χ0n) is 8.95. The maximum atomic E-state index is 3.75. The Bertz CT molecular complexity index is 476. The average Bonchev–Trinajstić information content (AvgIpc) is 2.29. The quantitative estimate of drug-likeness (QED) is 0.498. The number of alkyl halides is 1. The minimum Gasteiger partial charge on any atom is -0.0786 e. The first kappa shape index (κ1) is 12.1. The number of hydrogen-bond acceptors (Lipinski definition) is 0. The highest BCUT2D eigenvalue weighted by Crippen LogP contribution is 2.31. The summed E-state index contributed by atoms with van der Waals surface area (Å²) in [4.78, 5) is 0.280. The van der Waals surface area contributed by atoms with Crippen molar-refractivity contribution < 1.29 is 0 Å². The van der Waals surface area contributed by atoms with Crippen molar-refractivity contribution in [2.24, 2.45) is 0 Å². The van der Waals surface area contributed by atoms with Gasteiger partial charge in [0, 0.05) is 3.57 Å². The molecule has 82 valence electrons. The van der Waals surface area contributed by atoms with Gasteiger partial charge in [0.25, 0.3) is 0 Å². The van der Waals surface area contributed by atoms with E-state index < -0.39 is 0 Å². The van der Waals surface area contributed by atoms with E-state index in [0.717, 1.165) is 0 Å². The first-order chi connectivity index (χ1) is 7.66. The Hall–Kier alpha value is -0.350. The molecule has 0 nitrogen and oxygen atoms in total. The van der Waals surface area contributed by atoms with Gasteiger partial charge < -0.3 is 0 Å². The summed E-state index contributed by atoms with van der Waals surface area (Å²) in [7, 11) is 0. The Morgan fingerprint density at radius 2 is 1.69 bits per heavy atom. The van der Waals surface area contributed by atoms with E-state index in [1.54, 1.807) is 0 Å². The standard InChI is InChI=1S/C14H12BrI/c1-10-5-7-11(8-6-10)14(15)12-3-2-4-13(16)9-12/h2-9,14H,1H3. The maximum absolute atomic E-state index is 3.75. The lowest BCUT2D eigenvalue weighted by atomic mass is 10.0. The Balaban J connectivity index is 2.31. The molecule has 2 rings (SSSR count). The molecule has 0 aromatic heterocycles. The van der Waals surface area contributed by atoms with Crippen LogP contribution in [0, 0.1) is 10.5 Å². The van der Waals surface area contributed by atoms with Crippen molar-refractivity contribution in [1.82, 2.24) is 0 Å². The van der Waals surface area contributed by atoms with Gasteiger partial charge in [-0.15, -0.1) is 0 Å². The van der Waals surface area contributed by atoms with Gasteiger partial charge in [0.15, 0.2) is 0 Å². The largest absolute Gasteiger partial charge is 0.0786 e. The Morgan fingerprint density at radius 1 is 1.00 bits per heavy atom. The van der Waals surface area contributed by atoms with Crippen LogP contribution < -0.4 is 0 Å². The van der Waals surface area contributed by atoms with Gasteiger partial charge in [0.1, 0.15) is 0 Å². The summed E-state index contributed by atoms with van der Waals surface area (Å²) in [5, 5.41) is 0. The predicted octanol–water partition coefficient (Wildman–Crippen LogP) is 5.08. The topological polar surface area (TPSA) is 0 Å². The molecule has 0 aliphatic heterocycles. The molecule has 0 amide bonds. The van der Waals surface area contributed by atoms with Crippen LogP contribution in [0.4, 0.5) is 0 Å². The van der Waals surface area contributed by atoms with Gasteiger partial charge in [-0.25, -0.2) is 0 Å². The molecular weight excluding hydrogens is 375 g/mol. The van der Waals surface area contributed by atoms with E-state index in [-0.39, 0.29) is 4.83 Å². The van der Waals surface area contributed by atoms with Crippen molar-refractivity contribution in [3.05, 3.63) is 68.8 Å². The van der Waals surface area contributed by atoms with Crippen LogP contribution >= 0.6 is 38.5 Å². The van der Waals surface area contributed by atoms with Crippen LogP contribution in [0.15, 0.2) is 48.5 Å². The van der Waals surface area contributed by atoms with Crippen molar-refractivity contribution in [2.75, 3.05) is 0 Å². The molecule has 1 atom stereocenters. The predicted molar refractivity (Wildman–Crippen MR) is 81.1 cm³/mol. The van der Waals surface area contributed by atoms with Crippen LogP contribution in [0.25, 0.3) is 0 Å². The first-order valence-corrected chi connectivity index (χ1v) is 7.12. The third-order valence-corrected chi connectivity index (χ3v) is 4.24. The molecule has 0 saturated heterocycles. The van der Waals surface area contributed by atoms with Crippen molar-refractivity contribution in [2.45, 2.75) is 11.8 Å². The van der Waals surface area contributed by atoms with E-state index in [1.165, 1.54) is 20.3 Å². The molecule has 16 heavy (non-hydrogen) atoms. The minimum absolute atomic E-state index is 0.280. The van der Waals surface area contributed by atoms with Crippen molar-refractivity contribution in [3.63, 3.8) is 0 Å². The third kappa shape index (κ3) is 2.86. The summed E-state index contributed by atoms with van der Waals surface area (Å²) in [6, 6.07) is 17.2. The fraction of sp³-hybridized carbons (Fsp3) is 0.143. The molecule has 0 spiro atoms. The van der Waals surface area contributed by atoms with E-state index in [0.29, 0.717) is 0 Å². The van der Waals surface area contributed by atoms with Crippen LogP contribution in [-0.2, 0) is 0 Å². The third-order valence-electron chi connectivity index (χ3n) is 2.51. The average molecular weight is 387 g/mol. The van der Waals surface area contributed by atoms with E-state index in [2.05, 4.69) is 94.0 Å². The number of rotatable bonds is 2. The lowest BCUT2D eigenvalue weighted by molar-refractivity contribution is 1.17. The van der Waals surface area contributed by atoms with Gasteiger partial charge in [-0.3, -0.25) is 0 Å². The summed E-state index contributed by atoms with van der Waals surface area (Å²) in [6.07, 6.45) is 0. The second-order valence-corrected chi connectivity index (χ2v) is 5.99. The summed E-state index contributed by atoms with van der Waals surface area (Å²) in [5.41, 5.74) is 3.90. The fourth-order valence-corrected chi connectivity index (χ4v) is 2.75. The van der Waals surface area contributed by atoms with Gasteiger partial charge in [0.05, 0.1) is 4.83 Å². The van der Waals surface area contributed by atoms with Gasteiger partial charge in [-0.05, 0) is 52.8 Å². The normalized spacial score (nSPS) is 12.4. The summed E-state index contributed by atoms with van der Waals surface area (Å²) >= 11 is 6.09. The molecule has 0 aliphatic carbocycles. The molecule has 0 aliphatic rings. The van der Waals surface area contributed by atoms with Crippen molar-refractivity contribution in [1.29, 1.82) is 0 Å². The Labute approximate surface area is 118 Å². The fourth-order valence-electron chi connectivity index (χ4n) is 1.59. The molecule has 1 unspecified atom stereocenters. The van der Waals surface area contributed by atoms with Crippen LogP contribution in [0.3, 0.4) is 0 Å². The van der Waals surface area contributed by atoms with Crippen LogP contribution in [0.2, 0.25) is 0 Å². The van der Waals surface area contributed by atoms with Gasteiger partial charge in [-0.1, -0.05) is 57.9 Å². The summed E-state index contributed by atoms with van der Waals surface area (Å²) < 4.78 is 1.27. The highest BCUT2D eigenvalue weighted by Gasteiger charge is 2.09. The lowest BCUT2D eigenvalue weighted by Crippen LogP contribution is -1.93. The molecule has 2 heteroatoms. The molecular formula is C14H12BrI. The van der Waals surface area contributed by atoms with Crippen LogP contribution in [-0.4, -0.2) is 0 Å². The second kappa shape index (κ2) is 5.32. The van der Waals surface area contributed by atoms with Gasteiger partial charge >= 0.3 is 0 Å². The zero-order chi connectivity index (χ0) is 11.5. The van der Waals surface area contributed by atoms with E-state index in [4.69, 9.17) is 0 Å². The molecule has 0 radical (unpaired) electrons. The van der Waals surface area contributed by atoms with E-state index >= 15 is 0 Å². The van der Waals surface area contributed by atoms with Crippen LogP contribution in [0.5, 0.6) is 0 Å². The zero-order valence-corrected chi connectivity index (χ0v) is 12.7. The molecule has 2 aromatic carbocycles. The maximum Gasteiger partial charge on any atom is 0.0645 e. The Morgan fingerprint density at radius 3 is 2.31 bits per heavy atom. The van der Waals surface area contributed by atoms with Gasteiger partial charge in [0.2, 0.25) is 0 Å². The Kier molecular flexibility index (Phi) is 4.03. The summed E-state index contributed by atoms with van der Waals surface area (Å²) in [5.74, 6) is 0. The molecule has 0 bridgehead atoms. The highest BCUT2D eigenvalue weighted by molar-refractivity contribution is 14.1. The molecule has 2 aromatic rings. The minimum atomic E-state index is 0.280. The second-order valence-electron chi connectivity index (χ2n) is 3.83. The van der Waals surface area contributed by atoms with Crippen molar-refractivity contribution >= 4 is 38.5 Å². The lowest BCUT2D eigenvalue weighted by Gasteiger charge is -2.11. The van der Waals surface area contributed by atoms with Crippen LogP contribution in [0.1, 0.15) is 21.5 Å². The molecule has 0 saturated carbocycles. The number of halogens is 2. The molecule has 0 heterocycles. The van der Waals surface area contributed by atoms with Crippen molar-refractivity contribution in [3.8, 4) is 0 Å². The highest BCUT2D eigenvalue weighted by atomic mass is 127.